The normalized spacial score (nSPS) is 23.6. The minimum Gasteiger partial charge on any atom is -0.497 e. The van der Waals surface area contributed by atoms with Gasteiger partial charge in [0.05, 0.1) is 20.3 Å². The van der Waals surface area contributed by atoms with Gasteiger partial charge in [0.25, 0.3) is 0 Å². The lowest BCUT2D eigenvalue weighted by Gasteiger charge is -2.39. The van der Waals surface area contributed by atoms with Gasteiger partial charge in [-0.2, -0.15) is 0 Å². The van der Waals surface area contributed by atoms with Gasteiger partial charge < -0.3 is 9.47 Å². The topological polar surface area (TPSA) is 24.9 Å². The minimum atomic E-state index is 0.692. The van der Waals surface area contributed by atoms with Gasteiger partial charge in [0, 0.05) is 32.2 Å². The SMILES string of the molecule is COc1ccc(/C=C/CN2CCCC[C@H]2CN2CCOCC2)cc1. The van der Waals surface area contributed by atoms with Crippen LogP contribution < -0.4 is 4.74 Å². The molecule has 2 fully saturated rings. The highest BCUT2D eigenvalue weighted by molar-refractivity contribution is 5.50. The summed E-state index contributed by atoms with van der Waals surface area (Å²) in [6, 6.07) is 8.94. The molecule has 1 aromatic rings. The molecule has 1 aromatic carbocycles. The molecule has 132 valence electrons. The summed E-state index contributed by atoms with van der Waals surface area (Å²) >= 11 is 0. The van der Waals surface area contributed by atoms with Crippen LogP contribution in [0.15, 0.2) is 30.3 Å². The Morgan fingerprint density at radius 1 is 1.12 bits per heavy atom. The van der Waals surface area contributed by atoms with Crippen molar-refractivity contribution in [3.05, 3.63) is 35.9 Å². The third-order valence-electron chi connectivity index (χ3n) is 5.09. The monoisotopic (exact) mass is 330 g/mol. The van der Waals surface area contributed by atoms with Crippen LogP contribution in [0.3, 0.4) is 0 Å². The van der Waals surface area contributed by atoms with Crippen LogP contribution in [0.5, 0.6) is 5.75 Å². The van der Waals surface area contributed by atoms with Crippen LogP contribution in [0, 0.1) is 0 Å². The predicted molar refractivity (Wildman–Crippen MR) is 98.5 cm³/mol. The fourth-order valence-corrected chi connectivity index (χ4v) is 3.63. The Labute approximate surface area is 146 Å². The van der Waals surface area contributed by atoms with Crippen molar-refractivity contribution < 1.29 is 9.47 Å². The van der Waals surface area contributed by atoms with Gasteiger partial charge in [0.1, 0.15) is 5.75 Å². The molecule has 0 aromatic heterocycles. The largest absolute Gasteiger partial charge is 0.497 e. The number of methoxy groups -OCH3 is 1. The van der Waals surface area contributed by atoms with Crippen LogP contribution in [0.1, 0.15) is 24.8 Å². The molecule has 0 saturated carbocycles. The second kappa shape index (κ2) is 9.21. The van der Waals surface area contributed by atoms with E-state index in [2.05, 4.69) is 34.1 Å². The van der Waals surface area contributed by atoms with Crippen molar-refractivity contribution in [3.8, 4) is 5.75 Å². The Bertz CT molecular complexity index is 509. The summed E-state index contributed by atoms with van der Waals surface area (Å²) in [4.78, 5) is 5.22. The van der Waals surface area contributed by atoms with E-state index in [1.54, 1.807) is 7.11 Å². The van der Waals surface area contributed by atoms with Gasteiger partial charge in [-0.3, -0.25) is 9.80 Å². The van der Waals surface area contributed by atoms with E-state index in [-0.39, 0.29) is 0 Å². The molecule has 2 aliphatic rings. The van der Waals surface area contributed by atoms with Crippen LogP contribution in [0.25, 0.3) is 6.08 Å². The molecule has 3 rings (SSSR count). The van der Waals surface area contributed by atoms with E-state index in [4.69, 9.17) is 9.47 Å². The van der Waals surface area contributed by atoms with E-state index >= 15 is 0 Å². The summed E-state index contributed by atoms with van der Waals surface area (Å²) in [5.74, 6) is 0.911. The number of piperidine rings is 1. The molecule has 24 heavy (non-hydrogen) atoms. The predicted octanol–water partition coefficient (Wildman–Crippen LogP) is 2.90. The first-order chi connectivity index (χ1) is 11.8. The second-order valence-corrected chi connectivity index (χ2v) is 6.73. The molecular weight excluding hydrogens is 300 g/mol. The van der Waals surface area contributed by atoms with E-state index in [0.717, 1.165) is 38.6 Å². The van der Waals surface area contributed by atoms with Gasteiger partial charge in [0.2, 0.25) is 0 Å². The van der Waals surface area contributed by atoms with E-state index < -0.39 is 0 Å². The smallest absolute Gasteiger partial charge is 0.118 e. The number of hydrogen-bond acceptors (Lipinski definition) is 4. The highest BCUT2D eigenvalue weighted by atomic mass is 16.5. The summed E-state index contributed by atoms with van der Waals surface area (Å²) in [6.07, 6.45) is 8.55. The second-order valence-electron chi connectivity index (χ2n) is 6.73. The van der Waals surface area contributed by atoms with Crippen molar-refractivity contribution in [2.24, 2.45) is 0 Å². The molecule has 4 heteroatoms. The lowest BCUT2D eigenvalue weighted by Crippen LogP contribution is -2.49. The van der Waals surface area contributed by atoms with Crippen molar-refractivity contribution in [3.63, 3.8) is 0 Å². The average Bonchev–Trinajstić information content (AvgIpc) is 2.64. The maximum atomic E-state index is 5.47. The van der Waals surface area contributed by atoms with Crippen LogP contribution in [0.2, 0.25) is 0 Å². The molecule has 0 radical (unpaired) electrons. The van der Waals surface area contributed by atoms with Gasteiger partial charge >= 0.3 is 0 Å². The number of nitrogens with zero attached hydrogens (tertiary/aromatic N) is 2. The number of morpholine rings is 1. The van der Waals surface area contributed by atoms with Crippen molar-refractivity contribution in [2.75, 3.05) is 53.0 Å². The Morgan fingerprint density at radius 3 is 2.67 bits per heavy atom. The average molecular weight is 330 g/mol. The van der Waals surface area contributed by atoms with Crippen LogP contribution in [-0.4, -0.2) is 68.9 Å². The number of hydrogen-bond donors (Lipinski definition) is 0. The summed E-state index contributed by atoms with van der Waals surface area (Å²) in [5.41, 5.74) is 1.23. The molecule has 2 heterocycles. The van der Waals surface area contributed by atoms with E-state index in [0.29, 0.717) is 6.04 Å². The third kappa shape index (κ3) is 5.07. The standard InChI is InChI=1S/C20H30N2O2/c1-23-20-9-7-18(8-10-20)5-4-12-22-11-3-2-6-19(22)17-21-13-15-24-16-14-21/h4-5,7-10,19H,2-3,6,11-17H2,1H3/b5-4+/t19-/m0/s1. The van der Waals surface area contributed by atoms with Crippen LogP contribution in [0.4, 0.5) is 0 Å². The van der Waals surface area contributed by atoms with Crippen LogP contribution in [-0.2, 0) is 4.74 Å². The molecule has 2 saturated heterocycles. The minimum absolute atomic E-state index is 0.692. The highest BCUT2D eigenvalue weighted by Crippen LogP contribution is 2.19. The number of rotatable bonds is 6. The Kier molecular flexibility index (Phi) is 6.70. The van der Waals surface area contributed by atoms with Gasteiger partial charge in [-0.05, 0) is 37.1 Å². The first-order valence-electron chi connectivity index (χ1n) is 9.20. The van der Waals surface area contributed by atoms with Crippen molar-refractivity contribution in [1.29, 1.82) is 0 Å². The number of likely N-dealkylation sites (tertiary alicyclic amines) is 1. The van der Waals surface area contributed by atoms with Gasteiger partial charge in [0.15, 0.2) is 0 Å². The zero-order chi connectivity index (χ0) is 16.6. The zero-order valence-electron chi connectivity index (χ0n) is 14.8. The fourth-order valence-electron chi connectivity index (χ4n) is 3.63. The van der Waals surface area contributed by atoms with Gasteiger partial charge in [-0.1, -0.05) is 30.7 Å². The quantitative estimate of drug-likeness (QED) is 0.801. The van der Waals surface area contributed by atoms with E-state index in [9.17, 15) is 0 Å². The lowest BCUT2D eigenvalue weighted by molar-refractivity contribution is 0.0186. The summed E-state index contributed by atoms with van der Waals surface area (Å²) in [7, 11) is 1.70. The summed E-state index contributed by atoms with van der Waals surface area (Å²) in [6.45, 7) is 7.43. The van der Waals surface area contributed by atoms with Crippen LogP contribution >= 0.6 is 0 Å². The van der Waals surface area contributed by atoms with Gasteiger partial charge in [-0.25, -0.2) is 0 Å². The Balaban J connectivity index is 1.51. The highest BCUT2D eigenvalue weighted by Gasteiger charge is 2.24. The Hall–Kier alpha value is -1.36. The molecule has 0 spiro atoms. The van der Waals surface area contributed by atoms with E-state index in [1.165, 1.54) is 37.9 Å². The third-order valence-corrected chi connectivity index (χ3v) is 5.09. The molecule has 0 bridgehead atoms. The molecule has 0 N–H and O–H groups in total. The molecule has 0 aliphatic carbocycles. The maximum absolute atomic E-state index is 5.47. The Morgan fingerprint density at radius 2 is 1.92 bits per heavy atom. The lowest BCUT2D eigenvalue weighted by atomic mass is 10.0. The summed E-state index contributed by atoms with van der Waals surface area (Å²) < 4.78 is 10.7. The van der Waals surface area contributed by atoms with E-state index in [1.807, 2.05) is 12.1 Å². The molecule has 0 amide bonds. The molecular formula is C20H30N2O2. The molecule has 2 aliphatic heterocycles. The van der Waals surface area contributed by atoms with Crippen molar-refractivity contribution in [1.82, 2.24) is 9.80 Å². The number of benzene rings is 1. The first kappa shape index (κ1) is 17.5. The first-order valence-corrected chi connectivity index (χ1v) is 9.20. The van der Waals surface area contributed by atoms with Gasteiger partial charge in [-0.15, -0.1) is 0 Å². The number of ether oxygens (including phenoxy) is 2. The maximum Gasteiger partial charge on any atom is 0.118 e. The van der Waals surface area contributed by atoms with Crippen molar-refractivity contribution >= 4 is 6.08 Å². The fraction of sp³-hybridized carbons (Fsp3) is 0.600. The molecule has 4 nitrogen and oxygen atoms in total. The summed E-state index contributed by atoms with van der Waals surface area (Å²) in [5, 5.41) is 0. The van der Waals surface area contributed by atoms with Crippen molar-refractivity contribution in [2.45, 2.75) is 25.3 Å². The molecule has 0 unspecified atom stereocenters. The zero-order valence-corrected chi connectivity index (χ0v) is 14.8. The molecule has 1 atom stereocenters.